The maximum Gasteiger partial charge on any atom is 0.204 e. The molecule has 0 amide bonds. The molecule has 1 aromatic rings. The first-order chi connectivity index (χ1) is 9.99. The number of nitrogens with one attached hydrogen (secondary N) is 1. The van der Waals surface area contributed by atoms with E-state index >= 15 is 0 Å². The average molecular weight is 295 g/mol. The molecule has 0 aliphatic rings. The Bertz CT molecular complexity index is 423. The molecule has 0 aromatic carbocycles. The standard InChI is InChI=1S/C15H29N5O/c1-7-16-14-13(21-6)15(18-11-17-14)20(10-12(2)3)9-8-19(4)5/h11-12H,7-10H2,1-6H3,(H,16,17,18). The Balaban J connectivity index is 3.06. The summed E-state index contributed by atoms with van der Waals surface area (Å²) in [6, 6.07) is 0. The summed E-state index contributed by atoms with van der Waals surface area (Å²) in [5.74, 6) is 2.88. The summed E-state index contributed by atoms with van der Waals surface area (Å²) in [5, 5.41) is 3.23. The van der Waals surface area contributed by atoms with Gasteiger partial charge in [-0.3, -0.25) is 0 Å². The normalized spacial score (nSPS) is 11.0. The first-order valence-corrected chi connectivity index (χ1v) is 7.52. The van der Waals surface area contributed by atoms with Crippen LogP contribution in [-0.4, -0.2) is 62.3 Å². The van der Waals surface area contributed by atoms with Gasteiger partial charge in [-0.15, -0.1) is 0 Å². The molecular formula is C15H29N5O. The highest BCUT2D eigenvalue weighted by molar-refractivity contribution is 5.64. The van der Waals surface area contributed by atoms with E-state index in [-0.39, 0.29) is 0 Å². The molecule has 0 saturated heterocycles. The van der Waals surface area contributed by atoms with E-state index in [1.54, 1.807) is 13.4 Å². The molecule has 0 atom stereocenters. The molecule has 0 spiro atoms. The lowest BCUT2D eigenvalue weighted by Gasteiger charge is -2.28. The molecule has 1 aromatic heterocycles. The van der Waals surface area contributed by atoms with Crippen LogP contribution in [0.4, 0.5) is 11.6 Å². The molecule has 120 valence electrons. The number of likely N-dealkylation sites (N-methyl/N-ethyl adjacent to an activating group) is 1. The molecule has 0 saturated carbocycles. The second-order valence-electron chi connectivity index (χ2n) is 5.75. The Morgan fingerprint density at radius 1 is 1.24 bits per heavy atom. The monoisotopic (exact) mass is 295 g/mol. The van der Waals surface area contributed by atoms with Gasteiger partial charge in [0.2, 0.25) is 5.75 Å². The zero-order chi connectivity index (χ0) is 15.8. The molecule has 0 unspecified atom stereocenters. The second-order valence-corrected chi connectivity index (χ2v) is 5.75. The Hall–Kier alpha value is -1.56. The summed E-state index contributed by atoms with van der Waals surface area (Å²) < 4.78 is 5.56. The second kappa shape index (κ2) is 8.67. The summed E-state index contributed by atoms with van der Waals surface area (Å²) in [7, 11) is 5.83. The molecule has 0 aliphatic heterocycles. The van der Waals surface area contributed by atoms with Gasteiger partial charge in [0.05, 0.1) is 7.11 Å². The Labute approximate surface area is 128 Å². The van der Waals surface area contributed by atoms with Crippen LogP contribution in [0.25, 0.3) is 0 Å². The lowest BCUT2D eigenvalue weighted by Crippen LogP contribution is -2.35. The third-order valence-corrected chi connectivity index (χ3v) is 3.04. The van der Waals surface area contributed by atoms with Crippen molar-refractivity contribution in [3.63, 3.8) is 0 Å². The van der Waals surface area contributed by atoms with Crippen molar-refractivity contribution in [2.24, 2.45) is 5.92 Å². The van der Waals surface area contributed by atoms with E-state index in [2.05, 4.69) is 53.0 Å². The first-order valence-electron chi connectivity index (χ1n) is 7.52. The molecular weight excluding hydrogens is 266 g/mol. The zero-order valence-corrected chi connectivity index (χ0v) is 14.2. The van der Waals surface area contributed by atoms with Crippen molar-refractivity contribution in [2.75, 3.05) is 57.6 Å². The van der Waals surface area contributed by atoms with E-state index in [1.165, 1.54) is 0 Å². The number of hydrogen-bond acceptors (Lipinski definition) is 6. The van der Waals surface area contributed by atoms with Gasteiger partial charge in [0.1, 0.15) is 6.33 Å². The van der Waals surface area contributed by atoms with Crippen molar-refractivity contribution in [3.05, 3.63) is 6.33 Å². The fourth-order valence-corrected chi connectivity index (χ4v) is 2.12. The van der Waals surface area contributed by atoms with Gasteiger partial charge >= 0.3 is 0 Å². The van der Waals surface area contributed by atoms with Gasteiger partial charge in [-0.05, 0) is 26.9 Å². The molecule has 0 radical (unpaired) electrons. The maximum atomic E-state index is 5.56. The van der Waals surface area contributed by atoms with Crippen LogP contribution in [0.5, 0.6) is 5.75 Å². The quantitative estimate of drug-likeness (QED) is 0.751. The number of nitrogens with zero attached hydrogens (tertiary/aromatic N) is 4. The van der Waals surface area contributed by atoms with Crippen molar-refractivity contribution in [2.45, 2.75) is 20.8 Å². The lowest BCUT2D eigenvalue weighted by molar-refractivity contribution is 0.397. The van der Waals surface area contributed by atoms with E-state index in [4.69, 9.17) is 4.74 Å². The summed E-state index contributed by atoms with van der Waals surface area (Å²) >= 11 is 0. The molecule has 0 aliphatic carbocycles. The number of anilines is 2. The fraction of sp³-hybridized carbons (Fsp3) is 0.733. The third kappa shape index (κ3) is 5.38. The molecule has 6 nitrogen and oxygen atoms in total. The highest BCUT2D eigenvalue weighted by Gasteiger charge is 2.19. The predicted octanol–water partition coefficient (Wildman–Crippen LogP) is 1.94. The lowest BCUT2D eigenvalue weighted by atomic mass is 10.2. The van der Waals surface area contributed by atoms with Gasteiger partial charge in [0.15, 0.2) is 11.6 Å². The smallest absolute Gasteiger partial charge is 0.204 e. The van der Waals surface area contributed by atoms with Crippen LogP contribution in [0.15, 0.2) is 6.33 Å². The summed E-state index contributed by atoms with van der Waals surface area (Å²) in [5.41, 5.74) is 0. The SMILES string of the molecule is CCNc1ncnc(N(CCN(C)C)CC(C)C)c1OC. The van der Waals surface area contributed by atoms with Crippen LogP contribution in [0, 0.1) is 5.92 Å². The van der Waals surface area contributed by atoms with Crippen molar-refractivity contribution < 1.29 is 4.74 Å². The van der Waals surface area contributed by atoms with Crippen molar-refractivity contribution in [1.82, 2.24) is 14.9 Å². The van der Waals surface area contributed by atoms with Gasteiger partial charge in [-0.2, -0.15) is 0 Å². The minimum absolute atomic E-state index is 0.550. The maximum absolute atomic E-state index is 5.56. The Kier molecular flexibility index (Phi) is 7.22. The average Bonchev–Trinajstić information content (AvgIpc) is 2.43. The molecule has 0 fully saturated rings. The first kappa shape index (κ1) is 17.5. The number of methoxy groups -OCH3 is 1. The minimum Gasteiger partial charge on any atom is -0.490 e. The topological polar surface area (TPSA) is 53.5 Å². The van der Waals surface area contributed by atoms with Crippen molar-refractivity contribution in [1.29, 1.82) is 0 Å². The van der Waals surface area contributed by atoms with E-state index < -0.39 is 0 Å². The van der Waals surface area contributed by atoms with Gasteiger partial charge in [0.25, 0.3) is 0 Å². The fourth-order valence-electron chi connectivity index (χ4n) is 2.12. The van der Waals surface area contributed by atoms with Crippen molar-refractivity contribution in [3.8, 4) is 5.75 Å². The van der Waals surface area contributed by atoms with Crippen LogP contribution < -0.4 is 15.0 Å². The molecule has 1 N–H and O–H groups in total. The largest absolute Gasteiger partial charge is 0.490 e. The van der Waals surface area contributed by atoms with E-state index in [0.717, 1.165) is 43.6 Å². The number of aromatic nitrogens is 2. The highest BCUT2D eigenvalue weighted by atomic mass is 16.5. The van der Waals surface area contributed by atoms with Crippen LogP contribution in [0.1, 0.15) is 20.8 Å². The van der Waals surface area contributed by atoms with Gasteiger partial charge in [-0.25, -0.2) is 9.97 Å². The van der Waals surface area contributed by atoms with E-state index in [0.29, 0.717) is 5.92 Å². The van der Waals surface area contributed by atoms with Crippen LogP contribution in [0.3, 0.4) is 0 Å². The third-order valence-electron chi connectivity index (χ3n) is 3.04. The van der Waals surface area contributed by atoms with Crippen molar-refractivity contribution >= 4 is 11.6 Å². The Morgan fingerprint density at radius 3 is 2.48 bits per heavy atom. The number of hydrogen-bond donors (Lipinski definition) is 1. The highest BCUT2D eigenvalue weighted by Crippen LogP contribution is 2.32. The van der Waals surface area contributed by atoms with Crippen LogP contribution >= 0.6 is 0 Å². The predicted molar refractivity (Wildman–Crippen MR) is 88.4 cm³/mol. The number of ether oxygens (including phenoxy) is 1. The van der Waals surface area contributed by atoms with E-state index in [1.807, 2.05) is 6.92 Å². The molecule has 0 bridgehead atoms. The Morgan fingerprint density at radius 2 is 1.95 bits per heavy atom. The summed E-state index contributed by atoms with van der Waals surface area (Å²) in [6.45, 7) is 10.1. The van der Waals surface area contributed by atoms with Gasteiger partial charge in [0, 0.05) is 26.2 Å². The van der Waals surface area contributed by atoms with E-state index in [9.17, 15) is 0 Å². The molecule has 1 heterocycles. The summed E-state index contributed by atoms with van der Waals surface area (Å²) in [4.78, 5) is 13.2. The zero-order valence-electron chi connectivity index (χ0n) is 14.2. The van der Waals surface area contributed by atoms with Gasteiger partial charge < -0.3 is 19.9 Å². The number of rotatable bonds is 9. The molecule has 6 heteroatoms. The molecule has 1 rings (SSSR count). The molecule has 21 heavy (non-hydrogen) atoms. The van der Waals surface area contributed by atoms with Gasteiger partial charge in [-0.1, -0.05) is 13.8 Å². The minimum atomic E-state index is 0.550. The van der Waals surface area contributed by atoms with Crippen LogP contribution in [-0.2, 0) is 0 Å². The van der Waals surface area contributed by atoms with Crippen LogP contribution in [0.2, 0.25) is 0 Å². The summed E-state index contributed by atoms with van der Waals surface area (Å²) in [6.07, 6.45) is 1.60.